The summed E-state index contributed by atoms with van der Waals surface area (Å²) in [5.74, 6) is -0.00638. The smallest absolute Gasteiger partial charge is 0.338 e. The van der Waals surface area contributed by atoms with E-state index < -0.39 is 5.97 Å². The molecule has 0 amide bonds. The summed E-state index contributed by atoms with van der Waals surface area (Å²) in [5, 5.41) is 8.92. The number of benzene rings is 1. The van der Waals surface area contributed by atoms with Crippen LogP contribution in [0.1, 0.15) is 15.9 Å². The summed E-state index contributed by atoms with van der Waals surface area (Å²) in [6.45, 7) is 0. The van der Waals surface area contributed by atoms with Crippen LogP contribution in [0.2, 0.25) is 0 Å². The lowest BCUT2D eigenvalue weighted by atomic mass is 10.1. The Morgan fingerprint density at radius 3 is 2.60 bits per heavy atom. The van der Waals surface area contributed by atoms with Crippen LogP contribution in [0.5, 0.6) is 5.75 Å². The highest BCUT2D eigenvalue weighted by molar-refractivity contribution is 14.1. The van der Waals surface area contributed by atoms with Gasteiger partial charge in [0.1, 0.15) is 17.4 Å². The number of hydrogen-bond donors (Lipinski definition) is 0. The first-order valence-corrected chi connectivity index (χ1v) is 5.08. The minimum atomic E-state index is -0.460. The molecule has 0 fully saturated rings. The van der Waals surface area contributed by atoms with Crippen molar-refractivity contribution in [3.05, 3.63) is 26.8 Å². The summed E-state index contributed by atoms with van der Waals surface area (Å²) in [6, 6.07) is 5.15. The topological polar surface area (TPSA) is 59.3 Å². The molecule has 0 spiro atoms. The Labute approximate surface area is 101 Å². The molecule has 1 aromatic rings. The zero-order valence-electron chi connectivity index (χ0n) is 8.20. The molecule has 0 unspecified atom stereocenters. The lowest BCUT2D eigenvalue weighted by Gasteiger charge is -2.07. The van der Waals surface area contributed by atoms with Gasteiger partial charge in [-0.05, 0) is 34.7 Å². The number of hydrogen-bond acceptors (Lipinski definition) is 4. The third-order valence-electron chi connectivity index (χ3n) is 1.84. The standard InChI is InChI=1S/C10H8INO3/c1-14-8-4-3-6(10(13)15-2)9(11)7(8)5-12/h3-4H,1-2H3. The van der Waals surface area contributed by atoms with Crippen molar-refractivity contribution in [2.75, 3.05) is 14.2 Å². The Bertz CT molecular complexity index is 437. The van der Waals surface area contributed by atoms with E-state index in [9.17, 15) is 4.79 Å². The van der Waals surface area contributed by atoms with Gasteiger partial charge in [0.15, 0.2) is 0 Å². The van der Waals surface area contributed by atoms with E-state index in [1.807, 2.05) is 28.7 Å². The molecule has 0 atom stereocenters. The van der Waals surface area contributed by atoms with Crippen molar-refractivity contribution in [3.63, 3.8) is 0 Å². The maximum atomic E-state index is 11.3. The molecular weight excluding hydrogens is 309 g/mol. The summed E-state index contributed by atoms with van der Waals surface area (Å²) < 4.78 is 10.1. The fraction of sp³-hybridized carbons (Fsp3) is 0.200. The molecule has 1 aromatic carbocycles. The van der Waals surface area contributed by atoms with Crippen LogP contribution in [0.25, 0.3) is 0 Å². The maximum absolute atomic E-state index is 11.3. The monoisotopic (exact) mass is 317 g/mol. The van der Waals surface area contributed by atoms with Crippen LogP contribution in [0.15, 0.2) is 12.1 Å². The van der Waals surface area contributed by atoms with Crippen LogP contribution in [-0.4, -0.2) is 20.2 Å². The Balaban J connectivity index is 3.37. The third kappa shape index (κ3) is 2.21. The summed E-state index contributed by atoms with van der Waals surface area (Å²) >= 11 is 1.93. The lowest BCUT2D eigenvalue weighted by molar-refractivity contribution is 0.0599. The zero-order chi connectivity index (χ0) is 11.4. The van der Waals surface area contributed by atoms with Gasteiger partial charge in [0.2, 0.25) is 0 Å². The second-order valence-corrected chi connectivity index (χ2v) is 3.69. The quantitative estimate of drug-likeness (QED) is 0.618. The summed E-state index contributed by atoms with van der Waals surface area (Å²) in [5.41, 5.74) is 0.719. The van der Waals surface area contributed by atoms with E-state index in [0.29, 0.717) is 20.4 Å². The average molecular weight is 317 g/mol. The van der Waals surface area contributed by atoms with E-state index in [1.165, 1.54) is 14.2 Å². The second kappa shape index (κ2) is 4.98. The fourth-order valence-corrected chi connectivity index (χ4v) is 1.89. The molecule has 5 heteroatoms. The van der Waals surface area contributed by atoms with Crippen LogP contribution >= 0.6 is 22.6 Å². The zero-order valence-corrected chi connectivity index (χ0v) is 10.4. The van der Waals surface area contributed by atoms with Gasteiger partial charge in [-0.3, -0.25) is 0 Å². The van der Waals surface area contributed by atoms with Crippen molar-refractivity contribution in [1.82, 2.24) is 0 Å². The first-order valence-electron chi connectivity index (χ1n) is 4.00. The van der Waals surface area contributed by atoms with E-state index in [0.717, 1.165) is 0 Å². The number of halogens is 1. The van der Waals surface area contributed by atoms with Gasteiger partial charge in [0, 0.05) is 3.57 Å². The van der Waals surface area contributed by atoms with E-state index in [2.05, 4.69) is 4.74 Å². The molecule has 0 N–H and O–H groups in total. The largest absolute Gasteiger partial charge is 0.495 e. The third-order valence-corrected chi connectivity index (χ3v) is 2.96. The number of nitrogens with zero attached hydrogens (tertiary/aromatic N) is 1. The SMILES string of the molecule is COC(=O)c1ccc(OC)c(C#N)c1I. The van der Waals surface area contributed by atoms with Crippen LogP contribution in [0, 0.1) is 14.9 Å². The van der Waals surface area contributed by atoms with Crippen LogP contribution in [0.3, 0.4) is 0 Å². The average Bonchev–Trinajstić information content (AvgIpc) is 2.27. The molecule has 0 saturated heterocycles. The molecular formula is C10H8INO3. The number of carbonyl (C=O) groups excluding carboxylic acids is 1. The van der Waals surface area contributed by atoms with E-state index in [-0.39, 0.29) is 0 Å². The molecule has 0 saturated carbocycles. The Kier molecular flexibility index (Phi) is 3.91. The van der Waals surface area contributed by atoms with Crippen LogP contribution in [0.4, 0.5) is 0 Å². The molecule has 15 heavy (non-hydrogen) atoms. The minimum Gasteiger partial charge on any atom is -0.495 e. The number of nitriles is 1. The lowest BCUT2D eigenvalue weighted by Crippen LogP contribution is -2.06. The van der Waals surface area contributed by atoms with Gasteiger partial charge < -0.3 is 9.47 Å². The minimum absolute atomic E-state index is 0.348. The molecule has 0 bridgehead atoms. The second-order valence-electron chi connectivity index (χ2n) is 2.61. The molecule has 0 aliphatic carbocycles. The van der Waals surface area contributed by atoms with Gasteiger partial charge in [-0.15, -0.1) is 0 Å². The van der Waals surface area contributed by atoms with E-state index in [1.54, 1.807) is 12.1 Å². The predicted octanol–water partition coefficient (Wildman–Crippen LogP) is 1.96. The molecule has 0 aliphatic rings. The Morgan fingerprint density at radius 1 is 1.47 bits per heavy atom. The van der Waals surface area contributed by atoms with Crippen molar-refractivity contribution >= 4 is 28.6 Å². The molecule has 0 radical (unpaired) electrons. The number of methoxy groups -OCH3 is 2. The summed E-state index contributed by atoms with van der Waals surface area (Å²) in [6.07, 6.45) is 0. The van der Waals surface area contributed by atoms with Gasteiger partial charge in [-0.25, -0.2) is 4.79 Å². The van der Waals surface area contributed by atoms with Gasteiger partial charge in [0.25, 0.3) is 0 Å². The first kappa shape index (κ1) is 11.8. The van der Waals surface area contributed by atoms with E-state index in [4.69, 9.17) is 10.00 Å². The number of rotatable bonds is 2. The van der Waals surface area contributed by atoms with Crippen molar-refractivity contribution in [2.45, 2.75) is 0 Å². The molecule has 1 rings (SSSR count). The molecule has 0 aromatic heterocycles. The molecule has 4 nitrogen and oxygen atoms in total. The highest BCUT2D eigenvalue weighted by Gasteiger charge is 2.16. The summed E-state index contributed by atoms with van der Waals surface area (Å²) in [4.78, 5) is 11.3. The number of ether oxygens (including phenoxy) is 2. The Hall–Kier alpha value is -1.29. The fourth-order valence-electron chi connectivity index (χ4n) is 1.10. The highest BCUT2D eigenvalue weighted by Crippen LogP contribution is 2.26. The van der Waals surface area contributed by atoms with Gasteiger partial charge in [-0.1, -0.05) is 0 Å². The number of esters is 1. The molecule has 0 aliphatic heterocycles. The number of carbonyl (C=O) groups is 1. The van der Waals surface area contributed by atoms with E-state index >= 15 is 0 Å². The predicted molar refractivity (Wildman–Crippen MR) is 61.8 cm³/mol. The van der Waals surface area contributed by atoms with Crippen molar-refractivity contribution < 1.29 is 14.3 Å². The van der Waals surface area contributed by atoms with Crippen molar-refractivity contribution in [3.8, 4) is 11.8 Å². The maximum Gasteiger partial charge on any atom is 0.338 e. The van der Waals surface area contributed by atoms with Gasteiger partial charge >= 0.3 is 5.97 Å². The van der Waals surface area contributed by atoms with Gasteiger partial charge in [-0.2, -0.15) is 5.26 Å². The first-order chi connectivity index (χ1) is 7.15. The van der Waals surface area contributed by atoms with Crippen molar-refractivity contribution in [1.29, 1.82) is 5.26 Å². The van der Waals surface area contributed by atoms with Gasteiger partial charge in [0.05, 0.1) is 19.8 Å². The normalized spacial score (nSPS) is 9.20. The molecule has 0 heterocycles. The van der Waals surface area contributed by atoms with Crippen LogP contribution in [-0.2, 0) is 4.74 Å². The van der Waals surface area contributed by atoms with Crippen LogP contribution < -0.4 is 4.74 Å². The Morgan fingerprint density at radius 2 is 2.13 bits per heavy atom. The van der Waals surface area contributed by atoms with Crippen molar-refractivity contribution in [2.24, 2.45) is 0 Å². The summed E-state index contributed by atoms with van der Waals surface area (Å²) in [7, 11) is 2.78. The molecule has 78 valence electrons. The highest BCUT2D eigenvalue weighted by atomic mass is 127.